The molecule has 2 rings (SSSR count). The van der Waals surface area contributed by atoms with Crippen molar-refractivity contribution in [1.82, 2.24) is 19.6 Å². The third-order valence-corrected chi connectivity index (χ3v) is 3.93. The lowest BCUT2D eigenvalue weighted by molar-refractivity contribution is 0.475. The Balaban J connectivity index is 2.11. The zero-order valence-electron chi connectivity index (χ0n) is 11.6. The van der Waals surface area contributed by atoms with Gasteiger partial charge in [0.05, 0.1) is 5.38 Å². The van der Waals surface area contributed by atoms with Crippen molar-refractivity contribution >= 4 is 23.2 Å². The minimum atomic E-state index is 0.113. The van der Waals surface area contributed by atoms with Crippen molar-refractivity contribution < 1.29 is 0 Å². The Hall–Kier alpha value is -1.36. The summed E-state index contributed by atoms with van der Waals surface area (Å²) in [7, 11) is 0. The molecule has 2 heterocycles. The fourth-order valence-corrected chi connectivity index (χ4v) is 2.66. The molecule has 0 aromatic carbocycles. The SMILES string of the molecule is CCC(CC)C(Cl)CNc1cc(C)nc2ncnn12. The van der Waals surface area contributed by atoms with Gasteiger partial charge in [0.1, 0.15) is 12.1 Å². The molecule has 1 atom stereocenters. The molecule has 6 heteroatoms. The second kappa shape index (κ2) is 6.19. The Kier molecular flexibility index (Phi) is 4.58. The molecule has 0 fully saturated rings. The van der Waals surface area contributed by atoms with Gasteiger partial charge in [0.25, 0.3) is 5.78 Å². The molecule has 0 spiro atoms. The van der Waals surface area contributed by atoms with Crippen LogP contribution >= 0.6 is 11.6 Å². The van der Waals surface area contributed by atoms with Gasteiger partial charge in [0.15, 0.2) is 0 Å². The fraction of sp³-hybridized carbons (Fsp3) is 0.615. The maximum Gasteiger partial charge on any atom is 0.254 e. The molecule has 1 unspecified atom stereocenters. The minimum absolute atomic E-state index is 0.113. The summed E-state index contributed by atoms with van der Waals surface area (Å²) in [5.41, 5.74) is 0.914. The van der Waals surface area contributed by atoms with Crippen LogP contribution in [0, 0.1) is 12.8 Å². The second-order valence-corrected chi connectivity index (χ2v) is 5.29. The highest BCUT2D eigenvalue weighted by Gasteiger charge is 2.16. The number of hydrogen-bond donors (Lipinski definition) is 1. The van der Waals surface area contributed by atoms with Crippen LogP contribution in [0.2, 0.25) is 0 Å². The van der Waals surface area contributed by atoms with Crippen molar-refractivity contribution in [2.75, 3.05) is 11.9 Å². The number of hydrogen-bond acceptors (Lipinski definition) is 4. The average Bonchev–Trinajstić information content (AvgIpc) is 2.85. The van der Waals surface area contributed by atoms with E-state index in [1.807, 2.05) is 13.0 Å². The van der Waals surface area contributed by atoms with Crippen LogP contribution in [0.5, 0.6) is 0 Å². The van der Waals surface area contributed by atoms with Crippen LogP contribution < -0.4 is 5.32 Å². The van der Waals surface area contributed by atoms with Gasteiger partial charge in [0, 0.05) is 18.3 Å². The van der Waals surface area contributed by atoms with Gasteiger partial charge in [-0.2, -0.15) is 14.6 Å². The van der Waals surface area contributed by atoms with Crippen LogP contribution in [0.25, 0.3) is 5.78 Å². The molecule has 0 bridgehead atoms. The predicted molar refractivity (Wildman–Crippen MR) is 77.7 cm³/mol. The standard InChI is InChI=1S/C13H20ClN5/c1-4-10(5-2)11(14)7-15-12-6-9(3)18-13-16-8-17-19(12)13/h6,8,10-11,15H,4-5,7H2,1-3H3. The molecule has 0 aliphatic heterocycles. The average molecular weight is 282 g/mol. The van der Waals surface area contributed by atoms with Gasteiger partial charge in [0.2, 0.25) is 0 Å². The highest BCUT2D eigenvalue weighted by molar-refractivity contribution is 6.21. The maximum absolute atomic E-state index is 6.44. The zero-order chi connectivity index (χ0) is 13.8. The van der Waals surface area contributed by atoms with E-state index in [0.29, 0.717) is 18.2 Å². The molecule has 2 aromatic heterocycles. The maximum atomic E-state index is 6.44. The van der Waals surface area contributed by atoms with E-state index in [4.69, 9.17) is 11.6 Å². The van der Waals surface area contributed by atoms with Crippen molar-refractivity contribution in [3.05, 3.63) is 18.1 Å². The van der Waals surface area contributed by atoms with Gasteiger partial charge in [-0.1, -0.05) is 26.7 Å². The molecule has 5 nitrogen and oxygen atoms in total. The second-order valence-electron chi connectivity index (χ2n) is 4.73. The summed E-state index contributed by atoms with van der Waals surface area (Å²) in [6, 6.07) is 1.96. The molecule has 2 aromatic rings. The largest absolute Gasteiger partial charge is 0.368 e. The van der Waals surface area contributed by atoms with Gasteiger partial charge in [-0.3, -0.25) is 0 Å². The van der Waals surface area contributed by atoms with Crippen LogP contribution in [-0.2, 0) is 0 Å². The molecule has 0 saturated heterocycles. The first-order chi connectivity index (χ1) is 9.15. The van der Waals surface area contributed by atoms with Crippen LogP contribution in [0.1, 0.15) is 32.4 Å². The summed E-state index contributed by atoms with van der Waals surface area (Å²) >= 11 is 6.44. The number of nitrogens with zero attached hydrogens (tertiary/aromatic N) is 4. The Morgan fingerprint density at radius 3 is 2.79 bits per heavy atom. The third kappa shape index (κ3) is 3.15. The monoisotopic (exact) mass is 281 g/mol. The number of aryl methyl sites for hydroxylation is 1. The number of rotatable bonds is 6. The Morgan fingerprint density at radius 1 is 1.37 bits per heavy atom. The highest BCUT2D eigenvalue weighted by atomic mass is 35.5. The first-order valence-electron chi connectivity index (χ1n) is 6.71. The van der Waals surface area contributed by atoms with Crippen molar-refractivity contribution in [3.8, 4) is 0 Å². The normalized spacial score (nSPS) is 13.1. The van der Waals surface area contributed by atoms with Crippen LogP contribution in [0.3, 0.4) is 0 Å². The van der Waals surface area contributed by atoms with Crippen LogP contribution in [-0.4, -0.2) is 31.5 Å². The molecule has 0 aliphatic rings. The molecule has 1 N–H and O–H groups in total. The smallest absolute Gasteiger partial charge is 0.254 e. The molecule has 0 aliphatic carbocycles. The Labute approximate surface area is 118 Å². The van der Waals surface area contributed by atoms with Gasteiger partial charge < -0.3 is 5.32 Å². The van der Waals surface area contributed by atoms with Crippen LogP contribution in [0.15, 0.2) is 12.4 Å². The van der Waals surface area contributed by atoms with Gasteiger partial charge >= 0.3 is 0 Å². The van der Waals surface area contributed by atoms with E-state index in [9.17, 15) is 0 Å². The topological polar surface area (TPSA) is 55.1 Å². The summed E-state index contributed by atoms with van der Waals surface area (Å²) in [6.07, 6.45) is 3.70. The molecule has 0 amide bonds. The molecule has 0 radical (unpaired) electrons. The van der Waals surface area contributed by atoms with Crippen molar-refractivity contribution in [1.29, 1.82) is 0 Å². The lowest BCUT2D eigenvalue weighted by Gasteiger charge is -2.20. The van der Waals surface area contributed by atoms with E-state index in [1.165, 1.54) is 6.33 Å². The first kappa shape index (κ1) is 14.1. The number of nitrogens with one attached hydrogen (secondary N) is 1. The number of anilines is 1. The van der Waals surface area contributed by atoms with Crippen molar-refractivity contribution in [2.24, 2.45) is 5.92 Å². The minimum Gasteiger partial charge on any atom is -0.368 e. The van der Waals surface area contributed by atoms with Crippen molar-refractivity contribution in [2.45, 2.75) is 39.0 Å². The number of fused-ring (bicyclic) bond motifs is 1. The van der Waals surface area contributed by atoms with E-state index >= 15 is 0 Å². The van der Waals surface area contributed by atoms with E-state index in [0.717, 1.165) is 24.4 Å². The van der Waals surface area contributed by atoms with E-state index < -0.39 is 0 Å². The summed E-state index contributed by atoms with van der Waals surface area (Å²) in [4.78, 5) is 8.41. The Bertz CT molecular complexity index is 535. The third-order valence-electron chi connectivity index (χ3n) is 3.42. The summed E-state index contributed by atoms with van der Waals surface area (Å²) in [6.45, 7) is 7.01. The lowest BCUT2D eigenvalue weighted by atomic mass is 9.99. The molecular weight excluding hydrogens is 262 g/mol. The van der Waals surface area contributed by atoms with Gasteiger partial charge in [-0.05, 0) is 12.8 Å². The number of aromatic nitrogens is 4. The lowest BCUT2D eigenvalue weighted by Crippen LogP contribution is -2.23. The summed E-state index contributed by atoms with van der Waals surface area (Å²) < 4.78 is 1.70. The molecular formula is C13H20ClN5. The van der Waals surface area contributed by atoms with E-state index in [2.05, 4.69) is 34.2 Å². The fourth-order valence-electron chi connectivity index (χ4n) is 2.23. The van der Waals surface area contributed by atoms with E-state index in [1.54, 1.807) is 4.52 Å². The van der Waals surface area contributed by atoms with Gasteiger partial charge in [-0.15, -0.1) is 11.6 Å². The van der Waals surface area contributed by atoms with E-state index in [-0.39, 0.29) is 5.38 Å². The zero-order valence-corrected chi connectivity index (χ0v) is 12.4. The quantitative estimate of drug-likeness (QED) is 0.827. The van der Waals surface area contributed by atoms with Crippen molar-refractivity contribution in [3.63, 3.8) is 0 Å². The summed E-state index contributed by atoms with van der Waals surface area (Å²) in [5, 5.41) is 7.63. The Morgan fingerprint density at radius 2 is 2.11 bits per heavy atom. The molecule has 0 saturated carbocycles. The highest BCUT2D eigenvalue weighted by Crippen LogP contribution is 2.19. The number of halogens is 1. The number of alkyl halides is 1. The van der Waals surface area contributed by atoms with Crippen LogP contribution in [0.4, 0.5) is 5.82 Å². The summed E-state index contributed by atoms with van der Waals surface area (Å²) in [5.74, 6) is 2.02. The predicted octanol–water partition coefficient (Wildman–Crippen LogP) is 2.89. The molecule has 104 valence electrons. The first-order valence-corrected chi connectivity index (χ1v) is 7.14. The molecule has 19 heavy (non-hydrogen) atoms. The van der Waals surface area contributed by atoms with Gasteiger partial charge in [-0.25, -0.2) is 4.98 Å².